The second-order valence-corrected chi connectivity index (χ2v) is 6.56. The van der Waals surface area contributed by atoms with Crippen LogP contribution in [0.4, 0.5) is 0 Å². The first-order valence-corrected chi connectivity index (χ1v) is 8.22. The van der Waals surface area contributed by atoms with Gasteiger partial charge in [0.05, 0.1) is 22.3 Å². The molecule has 1 N–H and O–H groups in total. The van der Waals surface area contributed by atoms with Crippen molar-refractivity contribution in [3.63, 3.8) is 0 Å². The second kappa shape index (κ2) is 6.05. The molecule has 0 bridgehead atoms. The van der Waals surface area contributed by atoms with Crippen molar-refractivity contribution in [3.05, 3.63) is 10.6 Å². The molecule has 3 rings (SSSR count). The monoisotopic (exact) mass is 298 g/mol. The topological polar surface area (TPSA) is 64.5 Å². The first kappa shape index (κ1) is 14.4. The molecule has 2 fully saturated rings. The second-order valence-electron chi connectivity index (χ2n) is 5.78. The zero-order chi connectivity index (χ0) is 14.0. The number of aryl methyl sites for hydroxylation is 1. The highest BCUT2D eigenvalue weighted by Gasteiger charge is 2.41. The molecule has 112 valence electrons. The van der Waals surface area contributed by atoms with Gasteiger partial charge in [-0.15, -0.1) is 5.10 Å². The summed E-state index contributed by atoms with van der Waals surface area (Å²) >= 11 is 1.33. The summed E-state index contributed by atoms with van der Waals surface area (Å²) < 4.78 is 15.5. The van der Waals surface area contributed by atoms with E-state index in [0.717, 1.165) is 62.5 Å². The van der Waals surface area contributed by atoms with E-state index >= 15 is 0 Å². The van der Waals surface area contributed by atoms with E-state index in [1.165, 1.54) is 11.5 Å². The van der Waals surface area contributed by atoms with Crippen molar-refractivity contribution in [1.82, 2.24) is 9.59 Å². The molecular weight excluding hydrogens is 276 g/mol. The Labute approximate surface area is 123 Å². The number of aromatic nitrogens is 2. The molecule has 5 nitrogen and oxygen atoms in total. The van der Waals surface area contributed by atoms with E-state index in [-0.39, 0.29) is 11.5 Å². The molecular formula is C14H22N2O3S. The molecule has 1 spiro atoms. The fraction of sp³-hybridized carbons (Fsp3) is 0.857. The summed E-state index contributed by atoms with van der Waals surface area (Å²) in [6.45, 7) is 4.32. The number of aliphatic hydroxyl groups is 1. The van der Waals surface area contributed by atoms with Gasteiger partial charge in [0.15, 0.2) is 0 Å². The van der Waals surface area contributed by atoms with Crippen LogP contribution in [0, 0.1) is 5.92 Å². The standard InChI is InChI=1S/C14H22N2O3S/c1-2-11-13(20-16-15-11)12(17)10-3-6-19-14(9-10)4-7-18-8-5-14/h10,12,17H,2-9H2,1H3. The Kier molecular flexibility index (Phi) is 4.35. The maximum atomic E-state index is 10.7. The highest BCUT2D eigenvalue weighted by atomic mass is 32.1. The Hall–Kier alpha value is -0.560. The number of nitrogens with zero attached hydrogens (tertiary/aromatic N) is 2. The van der Waals surface area contributed by atoms with E-state index in [9.17, 15) is 5.11 Å². The fourth-order valence-corrected chi connectivity index (χ4v) is 4.14. The van der Waals surface area contributed by atoms with E-state index in [1.807, 2.05) is 0 Å². The number of ether oxygens (including phenoxy) is 2. The lowest BCUT2D eigenvalue weighted by Gasteiger charge is -2.44. The van der Waals surface area contributed by atoms with Gasteiger partial charge in [0.1, 0.15) is 0 Å². The smallest absolute Gasteiger partial charge is 0.0947 e. The van der Waals surface area contributed by atoms with E-state index in [1.54, 1.807) is 0 Å². The summed E-state index contributed by atoms with van der Waals surface area (Å²) in [6.07, 6.45) is 4.08. The number of rotatable bonds is 3. The van der Waals surface area contributed by atoms with Gasteiger partial charge in [0.25, 0.3) is 0 Å². The highest BCUT2D eigenvalue weighted by molar-refractivity contribution is 7.05. The van der Waals surface area contributed by atoms with Gasteiger partial charge in [-0.1, -0.05) is 11.4 Å². The summed E-state index contributed by atoms with van der Waals surface area (Å²) in [5.41, 5.74) is 0.863. The molecule has 2 aliphatic rings. The summed E-state index contributed by atoms with van der Waals surface area (Å²) in [4.78, 5) is 0.946. The maximum absolute atomic E-state index is 10.7. The average molecular weight is 298 g/mol. The normalized spacial score (nSPS) is 27.6. The zero-order valence-electron chi connectivity index (χ0n) is 11.9. The van der Waals surface area contributed by atoms with E-state index in [0.29, 0.717) is 0 Å². The van der Waals surface area contributed by atoms with Crippen LogP contribution in [-0.4, -0.2) is 40.1 Å². The van der Waals surface area contributed by atoms with Gasteiger partial charge in [-0.05, 0) is 49.6 Å². The van der Waals surface area contributed by atoms with Gasteiger partial charge < -0.3 is 14.6 Å². The van der Waals surface area contributed by atoms with Crippen molar-refractivity contribution < 1.29 is 14.6 Å². The predicted octanol–water partition coefficient (Wildman–Crippen LogP) is 2.11. The van der Waals surface area contributed by atoms with Crippen molar-refractivity contribution in [2.75, 3.05) is 19.8 Å². The lowest BCUT2D eigenvalue weighted by molar-refractivity contribution is -0.158. The first-order valence-electron chi connectivity index (χ1n) is 7.45. The minimum absolute atomic E-state index is 0.0767. The van der Waals surface area contributed by atoms with Gasteiger partial charge in [-0.2, -0.15) is 0 Å². The van der Waals surface area contributed by atoms with E-state index in [4.69, 9.17) is 9.47 Å². The highest BCUT2D eigenvalue weighted by Crippen LogP contribution is 2.42. The Morgan fingerprint density at radius 1 is 1.40 bits per heavy atom. The Balaban J connectivity index is 1.73. The summed E-state index contributed by atoms with van der Waals surface area (Å²) in [5.74, 6) is 0.245. The van der Waals surface area contributed by atoms with Crippen LogP contribution in [-0.2, 0) is 15.9 Å². The Morgan fingerprint density at radius 3 is 2.95 bits per heavy atom. The van der Waals surface area contributed by atoms with Crippen LogP contribution in [0.25, 0.3) is 0 Å². The van der Waals surface area contributed by atoms with Crippen LogP contribution in [0.3, 0.4) is 0 Å². The molecule has 3 heterocycles. The number of aliphatic hydroxyl groups excluding tert-OH is 1. The predicted molar refractivity (Wildman–Crippen MR) is 75.7 cm³/mol. The van der Waals surface area contributed by atoms with Gasteiger partial charge >= 0.3 is 0 Å². The molecule has 1 aromatic rings. The lowest BCUT2D eigenvalue weighted by atomic mass is 9.78. The third kappa shape index (κ3) is 2.74. The molecule has 2 atom stereocenters. The zero-order valence-corrected chi connectivity index (χ0v) is 12.7. The van der Waals surface area contributed by atoms with Crippen molar-refractivity contribution in [3.8, 4) is 0 Å². The molecule has 0 amide bonds. The maximum Gasteiger partial charge on any atom is 0.0947 e. The molecule has 6 heteroatoms. The van der Waals surface area contributed by atoms with Crippen LogP contribution in [0.1, 0.15) is 49.3 Å². The van der Waals surface area contributed by atoms with Crippen molar-refractivity contribution in [2.45, 2.75) is 50.7 Å². The molecule has 1 aromatic heterocycles. The van der Waals surface area contributed by atoms with Crippen LogP contribution in [0.2, 0.25) is 0 Å². The minimum atomic E-state index is -0.450. The summed E-state index contributed by atoms with van der Waals surface area (Å²) in [5, 5.41) is 14.8. The van der Waals surface area contributed by atoms with Crippen LogP contribution >= 0.6 is 11.5 Å². The van der Waals surface area contributed by atoms with E-state index < -0.39 is 6.10 Å². The summed E-state index contributed by atoms with van der Waals surface area (Å²) in [7, 11) is 0. The molecule has 0 radical (unpaired) electrons. The molecule has 2 aliphatic heterocycles. The van der Waals surface area contributed by atoms with E-state index in [2.05, 4.69) is 16.5 Å². The van der Waals surface area contributed by atoms with Gasteiger partial charge in [-0.25, -0.2) is 0 Å². The molecule has 2 unspecified atom stereocenters. The largest absolute Gasteiger partial charge is 0.387 e. The molecule has 0 aromatic carbocycles. The Morgan fingerprint density at radius 2 is 2.20 bits per heavy atom. The average Bonchev–Trinajstić information content (AvgIpc) is 2.96. The molecule has 0 aliphatic carbocycles. The van der Waals surface area contributed by atoms with Crippen molar-refractivity contribution in [1.29, 1.82) is 0 Å². The third-order valence-electron chi connectivity index (χ3n) is 4.57. The SMILES string of the molecule is CCc1nnsc1C(O)C1CCOC2(CCOCC2)C1. The Bertz CT molecular complexity index is 440. The molecule has 2 saturated heterocycles. The van der Waals surface area contributed by atoms with Crippen molar-refractivity contribution in [2.24, 2.45) is 5.92 Å². The minimum Gasteiger partial charge on any atom is -0.387 e. The van der Waals surface area contributed by atoms with Gasteiger partial charge in [-0.3, -0.25) is 0 Å². The van der Waals surface area contributed by atoms with Crippen LogP contribution < -0.4 is 0 Å². The third-order valence-corrected chi connectivity index (χ3v) is 5.41. The number of hydrogen-bond donors (Lipinski definition) is 1. The summed E-state index contributed by atoms with van der Waals surface area (Å²) in [6, 6.07) is 0. The van der Waals surface area contributed by atoms with Crippen LogP contribution in [0.5, 0.6) is 0 Å². The number of hydrogen-bond acceptors (Lipinski definition) is 6. The lowest BCUT2D eigenvalue weighted by Crippen LogP contribution is -2.45. The quantitative estimate of drug-likeness (QED) is 0.926. The van der Waals surface area contributed by atoms with Crippen LogP contribution in [0.15, 0.2) is 0 Å². The molecule has 0 saturated carbocycles. The van der Waals surface area contributed by atoms with Gasteiger partial charge in [0, 0.05) is 19.8 Å². The fourth-order valence-electron chi connectivity index (χ4n) is 3.33. The molecule has 20 heavy (non-hydrogen) atoms. The first-order chi connectivity index (χ1) is 9.74. The van der Waals surface area contributed by atoms with Gasteiger partial charge in [0.2, 0.25) is 0 Å². The van der Waals surface area contributed by atoms with Crippen molar-refractivity contribution >= 4 is 11.5 Å².